The molecule has 5 fully saturated rings. The fraction of sp³-hybridized carbons (Fsp3) is 0.852. The zero-order valence-corrected chi connectivity index (χ0v) is 20.6. The Labute approximate surface area is 193 Å². The molecule has 5 heteroatoms. The van der Waals surface area contributed by atoms with Crippen LogP contribution in [0.4, 0.5) is 0 Å². The molecular formula is C27H42O5. The molecule has 9 atom stereocenters. The van der Waals surface area contributed by atoms with E-state index in [1.165, 1.54) is 6.42 Å². The Morgan fingerprint density at radius 2 is 1.88 bits per heavy atom. The number of hydrogen-bond donors (Lipinski definition) is 1. The van der Waals surface area contributed by atoms with Crippen molar-refractivity contribution in [3.63, 3.8) is 0 Å². The highest BCUT2D eigenvalue weighted by molar-refractivity contribution is 5.33. The molecule has 0 aromatic heterocycles. The van der Waals surface area contributed by atoms with E-state index in [4.69, 9.17) is 18.9 Å². The summed E-state index contributed by atoms with van der Waals surface area (Å²) in [5, 5.41) is 11.7. The summed E-state index contributed by atoms with van der Waals surface area (Å²) in [4.78, 5) is 0. The third-order valence-electron chi connectivity index (χ3n) is 9.96. The van der Waals surface area contributed by atoms with Crippen LogP contribution in [-0.4, -0.2) is 42.8 Å². The summed E-state index contributed by atoms with van der Waals surface area (Å²) < 4.78 is 24.2. The second kappa shape index (κ2) is 7.91. The maximum absolute atomic E-state index is 11.7. The molecule has 4 aliphatic carbocycles. The van der Waals surface area contributed by atoms with Crippen molar-refractivity contribution in [2.75, 3.05) is 20.2 Å². The highest BCUT2D eigenvalue weighted by Gasteiger charge is 2.76. The first-order valence-electron chi connectivity index (χ1n) is 12.8. The lowest BCUT2D eigenvalue weighted by Crippen LogP contribution is -2.66. The van der Waals surface area contributed by atoms with Gasteiger partial charge >= 0.3 is 0 Å². The van der Waals surface area contributed by atoms with Crippen molar-refractivity contribution in [1.29, 1.82) is 0 Å². The highest BCUT2D eigenvalue weighted by Crippen LogP contribution is 2.71. The predicted molar refractivity (Wildman–Crippen MR) is 123 cm³/mol. The number of aliphatic hydroxyl groups excluding tert-OH is 1. The number of aliphatic hydroxyl groups is 1. The molecule has 32 heavy (non-hydrogen) atoms. The summed E-state index contributed by atoms with van der Waals surface area (Å²) in [6, 6.07) is 0. The third-order valence-corrected chi connectivity index (χ3v) is 9.96. The van der Waals surface area contributed by atoms with Gasteiger partial charge < -0.3 is 24.1 Å². The number of allylic oxidation sites excluding steroid dienone is 4. The van der Waals surface area contributed by atoms with Gasteiger partial charge in [-0.2, -0.15) is 0 Å². The monoisotopic (exact) mass is 446 g/mol. The Morgan fingerprint density at radius 3 is 2.59 bits per heavy atom. The SMILES string of the molecule is CCC.C[C@H]1C[C@@H]2[C@H]([C@@H](O)C[C@@]3(C)[C@H]2CC[C@@]32OCOC23COCO3)[C@@]2(C)CC=CC=C12. The lowest BCUT2D eigenvalue weighted by Gasteiger charge is -2.62. The van der Waals surface area contributed by atoms with Crippen molar-refractivity contribution in [1.82, 2.24) is 0 Å². The minimum atomic E-state index is -0.814. The molecule has 2 spiro atoms. The van der Waals surface area contributed by atoms with Crippen LogP contribution in [-0.2, 0) is 18.9 Å². The van der Waals surface area contributed by atoms with Gasteiger partial charge in [-0.05, 0) is 61.2 Å². The summed E-state index contributed by atoms with van der Waals surface area (Å²) in [6.45, 7) is 12.3. The Hall–Kier alpha value is -0.720. The van der Waals surface area contributed by atoms with Gasteiger partial charge in [-0.1, -0.05) is 64.8 Å². The van der Waals surface area contributed by atoms with Crippen molar-refractivity contribution < 1.29 is 24.1 Å². The van der Waals surface area contributed by atoms with Crippen molar-refractivity contribution in [2.45, 2.75) is 90.6 Å². The summed E-state index contributed by atoms with van der Waals surface area (Å²) in [5.41, 5.74) is 0.895. The largest absolute Gasteiger partial charge is 0.393 e. The van der Waals surface area contributed by atoms with Gasteiger partial charge in [0.2, 0.25) is 5.79 Å². The number of rotatable bonds is 0. The topological polar surface area (TPSA) is 57.2 Å². The van der Waals surface area contributed by atoms with Crippen LogP contribution < -0.4 is 0 Å². The molecule has 5 nitrogen and oxygen atoms in total. The van der Waals surface area contributed by atoms with Crippen molar-refractivity contribution in [3.8, 4) is 0 Å². The van der Waals surface area contributed by atoms with Gasteiger partial charge in [-0.15, -0.1) is 0 Å². The average molecular weight is 447 g/mol. The molecule has 0 radical (unpaired) electrons. The van der Waals surface area contributed by atoms with Crippen molar-refractivity contribution in [3.05, 3.63) is 23.8 Å². The molecule has 6 rings (SSSR count). The van der Waals surface area contributed by atoms with E-state index in [1.54, 1.807) is 5.57 Å². The second-order valence-electron chi connectivity index (χ2n) is 11.6. The molecule has 0 amide bonds. The van der Waals surface area contributed by atoms with E-state index in [-0.39, 0.29) is 30.5 Å². The normalized spacial score (nSPS) is 53.4. The average Bonchev–Trinajstić information content (AvgIpc) is 3.43. The van der Waals surface area contributed by atoms with Gasteiger partial charge in [0.1, 0.15) is 12.2 Å². The first-order valence-corrected chi connectivity index (χ1v) is 12.8. The third kappa shape index (κ3) is 2.81. The van der Waals surface area contributed by atoms with Crippen LogP contribution >= 0.6 is 0 Å². The molecular weight excluding hydrogens is 404 g/mol. The smallest absolute Gasteiger partial charge is 0.226 e. The van der Waals surface area contributed by atoms with E-state index in [2.05, 4.69) is 52.8 Å². The molecule has 1 unspecified atom stereocenters. The highest BCUT2D eigenvalue weighted by atomic mass is 16.9. The summed E-state index contributed by atoms with van der Waals surface area (Å²) in [6.07, 6.45) is 12.7. The number of fused-ring (bicyclic) bond motifs is 7. The van der Waals surface area contributed by atoms with Crippen LogP contribution in [0.25, 0.3) is 0 Å². The number of ether oxygens (including phenoxy) is 4. The second-order valence-corrected chi connectivity index (χ2v) is 11.6. The van der Waals surface area contributed by atoms with Gasteiger partial charge in [0.25, 0.3) is 0 Å². The molecule has 3 saturated carbocycles. The Kier molecular flexibility index (Phi) is 5.70. The van der Waals surface area contributed by atoms with Gasteiger partial charge in [0.15, 0.2) is 13.6 Å². The minimum Gasteiger partial charge on any atom is -0.393 e. The molecule has 0 aromatic rings. The van der Waals surface area contributed by atoms with Gasteiger partial charge in [0, 0.05) is 5.41 Å². The fourth-order valence-corrected chi connectivity index (χ4v) is 8.94. The first-order chi connectivity index (χ1) is 15.3. The molecule has 2 aliphatic heterocycles. The maximum atomic E-state index is 11.7. The zero-order chi connectivity index (χ0) is 22.8. The quantitative estimate of drug-likeness (QED) is 0.555. The van der Waals surface area contributed by atoms with Gasteiger partial charge in [-0.25, -0.2) is 0 Å². The lowest BCUT2D eigenvalue weighted by molar-refractivity contribution is -0.257. The summed E-state index contributed by atoms with van der Waals surface area (Å²) in [5.74, 6) is 1.05. The predicted octanol–water partition coefficient (Wildman–Crippen LogP) is 5.19. The van der Waals surface area contributed by atoms with Crippen molar-refractivity contribution in [2.24, 2.45) is 34.5 Å². The molecule has 1 N–H and O–H groups in total. The summed E-state index contributed by atoms with van der Waals surface area (Å²) in [7, 11) is 0. The van der Waals surface area contributed by atoms with Crippen LogP contribution in [0.5, 0.6) is 0 Å². The van der Waals surface area contributed by atoms with Gasteiger partial charge in [0.05, 0.1) is 6.10 Å². The molecule has 180 valence electrons. The molecule has 0 aromatic carbocycles. The van der Waals surface area contributed by atoms with Crippen molar-refractivity contribution >= 4 is 0 Å². The maximum Gasteiger partial charge on any atom is 0.226 e. The fourth-order valence-electron chi connectivity index (χ4n) is 8.94. The van der Waals surface area contributed by atoms with Crippen LogP contribution in [0, 0.1) is 34.5 Å². The Balaban J connectivity index is 0.000000684. The minimum absolute atomic E-state index is 0.0608. The Morgan fingerprint density at radius 1 is 1.12 bits per heavy atom. The van der Waals surface area contributed by atoms with Crippen LogP contribution in [0.1, 0.15) is 73.1 Å². The standard InChI is InChI=1S/C24H34O5.C3H8/c1-15-10-16-18-7-9-23(24(29-14-27-23)12-26-13-28-24)22(18,3)11-19(25)20(16)21(2)8-5-4-6-17(15)21;1-3-2/h4-6,15-16,18-20,25H,7-14H2,1-3H3;3H2,1-2H3/t15-,16-,18-,19-,20+,21-,22-,23+,24?;/m0./s1. The molecule has 2 saturated heterocycles. The summed E-state index contributed by atoms with van der Waals surface area (Å²) >= 11 is 0. The molecule has 6 aliphatic rings. The van der Waals surface area contributed by atoms with E-state index >= 15 is 0 Å². The van der Waals surface area contributed by atoms with Crippen LogP contribution in [0.15, 0.2) is 23.8 Å². The van der Waals surface area contributed by atoms with Crippen LogP contribution in [0.2, 0.25) is 0 Å². The molecule has 0 bridgehead atoms. The van der Waals surface area contributed by atoms with Gasteiger partial charge in [-0.3, -0.25) is 0 Å². The van der Waals surface area contributed by atoms with E-state index in [1.807, 2.05) is 0 Å². The first kappa shape index (κ1) is 23.0. The Bertz CT molecular complexity index is 779. The van der Waals surface area contributed by atoms with E-state index in [0.29, 0.717) is 30.3 Å². The molecule has 2 heterocycles. The lowest BCUT2D eigenvalue weighted by atomic mass is 9.44. The van der Waals surface area contributed by atoms with E-state index in [9.17, 15) is 5.11 Å². The zero-order valence-electron chi connectivity index (χ0n) is 20.6. The van der Waals surface area contributed by atoms with E-state index < -0.39 is 11.4 Å². The van der Waals surface area contributed by atoms with Crippen LogP contribution in [0.3, 0.4) is 0 Å². The number of hydrogen-bond acceptors (Lipinski definition) is 5. The van der Waals surface area contributed by atoms with E-state index in [0.717, 1.165) is 32.1 Å².